The molecule has 0 saturated heterocycles. The van der Waals surface area contributed by atoms with E-state index in [4.69, 9.17) is 14.2 Å². The number of nitrogens with one attached hydrogen (secondary N) is 2. The van der Waals surface area contributed by atoms with E-state index in [2.05, 4.69) is 15.6 Å². The average Bonchev–Trinajstić information content (AvgIpc) is 2.56. The lowest BCUT2D eigenvalue weighted by Gasteiger charge is -2.11. The van der Waals surface area contributed by atoms with Gasteiger partial charge in [0.15, 0.2) is 5.96 Å². The van der Waals surface area contributed by atoms with Gasteiger partial charge in [-0.1, -0.05) is 12.1 Å². The van der Waals surface area contributed by atoms with Gasteiger partial charge in [-0.15, -0.1) is 0 Å². The third-order valence-corrected chi connectivity index (χ3v) is 2.89. The van der Waals surface area contributed by atoms with E-state index in [1.54, 1.807) is 14.2 Å². The molecule has 0 aliphatic rings. The summed E-state index contributed by atoms with van der Waals surface area (Å²) in [4.78, 5) is 4.55. The second-order valence-electron chi connectivity index (χ2n) is 4.58. The monoisotopic (exact) mass is 309 g/mol. The van der Waals surface area contributed by atoms with Crippen molar-refractivity contribution in [2.45, 2.75) is 13.5 Å². The molecule has 0 unspecified atom stereocenters. The van der Waals surface area contributed by atoms with Gasteiger partial charge in [0, 0.05) is 20.2 Å². The van der Waals surface area contributed by atoms with E-state index in [1.807, 2.05) is 31.2 Å². The molecule has 0 fully saturated rings. The summed E-state index contributed by atoms with van der Waals surface area (Å²) in [5.41, 5.74) is 1.13. The van der Waals surface area contributed by atoms with Crippen LogP contribution in [0.25, 0.3) is 0 Å². The SMILES string of the molecule is CCNC(=NCc1ccc(OC)cc1)NCCOCCOC. The summed E-state index contributed by atoms with van der Waals surface area (Å²) in [6.07, 6.45) is 0. The highest BCUT2D eigenvalue weighted by Gasteiger charge is 1.98. The number of ether oxygens (including phenoxy) is 3. The fourth-order valence-electron chi connectivity index (χ4n) is 1.73. The van der Waals surface area contributed by atoms with E-state index in [0.717, 1.165) is 23.8 Å². The van der Waals surface area contributed by atoms with Gasteiger partial charge >= 0.3 is 0 Å². The summed E-state index contributed by atoms with van der Waals surface area (Å²) in [6, 6.07) is 7.91. The Labute approximate surface area is 132 Å². The fourth-order valence-corrected chi connectivity index (χ4v) is 1.73. The number of benzene rings is 1. The molecule has 0 amide bonds. The van der Waals surface area contributed by atoms with Crippen molar-refractivity contribution < 1.29 is 14.2 Å². The molecule has 1 rings (SSSR count). The summed E-state index contributed by atoms with van der Waals surface area (Å²) < 4.78 is 15.5. The van der Waals surface area contributed by atoms with Crippen molar-refractivity contribution in [2.24, 2.45) is 4.99 Å². The Morgan fingerprint density at radius 1 is 1.05 bits per heavy atom. The number of hydrogen-bond donors (Lipinski definition) is 2. The second kappa shape index (κ2) is 11.8. The van der Waals surface area contributed by atoms with E-state index in [-0.39, 0.29) is 0 Å². The van der Waals surface area contributed by atoms with Crippen LogP contribution < -0.4 is 15.4 Å². The summed E-state index contributed by atoms with van der Waals surface area (Å²) in [7, 11) is 3.33. The molecule has 1 aromatic carbocycles. The Bertz CT molecular complexity index is 421. The lowest BCUT2D eigenvalue weighted by molar-refractivity contribution is 0.0733. The predicted molar refractivity (Wildman–Crippen MR) is 88.5 cm³/mol. The van der Waals surface area contributed by atoms with E-state index < -0.39 is 0 Å². The third-order valence-electron chi connectivity index (χ3n) is 2.89. The minimum atomic E-state index is 0.609. The van der Waals surface area contributed by atoms with Crippen molar-refractivity contribution in [3.8, 4) is 5.75 Å². The molecule has 0 bridgehead atoms. The van der Waals surface area contributed by atoms with E-state index >= 15 is 0 Å². The van der Waals surface area contributed by atoms with Gasteiger partial charge in [-0.2, -0.15) is 0 Å². The minimum absolute atomic E-state index is 0.609. The molecular formula is C16H27N3O3. The molecule has 0 aliphatic heterocycles. The van der Waals surface area contributed by atoms with Crippen molar-refractivity contribution >= 4 is 5.96 Å². The zero-order valence-electron chi connectivity index (χ0n) is 13.7. The van der Waals surface area contributed by atoms with Crippen LogP contribution in [0.1, 0.15) is 12.5 Å². The van der Waals surface area contributed by atoms with Crippen LogP contribution >= 0.6 is 0 Å². The van der Waals surface area contributed by atoms with Crippen LogP contribution in [0.3, 0.4) is 0 Å². The van der Waals surface area contributed by atoms with Crippen molar-refractivity contribution in [3.63, 3.8) is 0 Å². The molecular weight excluding hydrogens is 282 g/mol. The van der Waals surface area contributed by atoms with Gasteiger partial charge < -0.3 is 24.8 Å². The van der Waals surface area contributed by atoms with E-state index in [9.17, 15) is 0 Å². The zero-order chi connectivity index (χ0) is 16.0. The topological polar surface area (TPSA) is 64.1 Å². The first-order valence-electron chi connectivity index (χ1n) is 7.52. The lowest BCUT2D eigenvalue weighted by Crippen LogP contribution is -2.39. The molecule has 0 spiro atoms. The predicted octanol–water partition coefficient (Wildman–Crippen LogP) is 1.41. The van der Waals surface area contributed by atoms with Gasteiger partial charge in [-0.25, -0.2) is 4.99 Å². The largest absolute Gasteiger partial charge is 0.497 e. The minimum Gasteiger partial charge on any atom is -0.497 e. The summed E-state index contributed by atoms with van der Waals surface area (Å²) in [6.45, 7) is 6.03. The summed E-state index contributed by atoms with van der Waals surface area (Å²) >= 11 is 0. The standard InChI is InChI=1S/C16H27N3O3/c1-4-17-16(18-9-10-22-12-11-20-2)19-13-14-5-7-15(21-3)8-6-14/h5-8H,4,9-13H2,1-3H3,(H2,17,18,19). The molecule has 6 heteroatoms. The van der Waals surface area contributed by atoms with Crippen LogP contribution in [0.15, 0.2) is 29.3 Å². The molecule has 0 heterocycles. The van der Waals surface area contributed by atoms with Crippen molar-refractivity contribution in [1.29, 1.82) is 0 Å². The smallest absolute Gasteiger partial charge is 0.191 e. The Morgan fingerprint density at radius 3 is 2.45 bits per heavy atom. The van der Waals surface area contributed by atoms with Crippen molar-refractivity contribution in [3.05, 3.63) is 29.8 Å². The van der Waals surface area contributed by atoms with Gasteiger partial charge in [0.2, 0.25) is 0 Å². The molecule has 22 heavy (non-hydrogen) atoms. The van der Waals surface area contributed by atoms with Gasteiger partial charge in [0.1, 0.15) is 5.75 Å². The first-order chi connectivity index (χ1) is 10.8. The number of methoxy groups -OCH3 is 2. The maximum atomic E-state index is 5.41. The highest BCUT2D eigenvalue weighted by Crippen LogP contribution is 2.11. The Hall–Kier alpha value is -1.79. The first-order valence-corrected chi connectivity index (χ1v) is 7.52. The molecule has 2 N–H and O–H groups in total. The highest BCUT2D eigenvalue weighted by molar-refractivity contribution is 5.79. The summed E-state index contributed by atoms with van der Waals surface area (Å²) in [5, 5.41) is 6.45. The molecule has 6 nitrogen and oxygen atoms in total. The average molecular weight is 309 g/mol. The lowest BCUT2D eigenvalue weighted by atomic mass is 10.2. The maximum absolute atomic E-state index is 5.41. The Morgan fingerprint density at radius 2 is 1.82 bits per heavy atom. The molecule has 0 aliphatic carbocycles. The van der Waals surface area contributed by atoms with Gasteiger partial charge in [0.25, 0.3) is 0 Å². The number of rotatable bonds is 10. The van der Waals surface area contributed by atoms with Crippen LogP contribution in [-0.4, -0.2) is 53.1 Å². The maximum Gasteiger partial charge on any atom is 0.191 e. The fraction of sp³-hybridized carbons (Fsp3) is 0.562. The number of guanidine groups is 1. The number of hydrogen-bond acceptors (Lipinski definition) is 4. The highest BCUT2D eigenvalue weighted by atomic mass is 16.5. The van der Waals surface area contributed by atoms with Crippen molar-refractivity contribution in [2.75, 3.05) is 47.1 Å². The van der Waals surface area contributed by atoms with Gasteiger partial charge in [0.05, 0.1) is 33.5 Å². The normalized spacial score (nSPS) is 11.3. The second-order valence-corrected chi connectivity index (χ2v) is 4.58. The van der Waals surface area contributed by atoms with Gasteiger partial charge in [-0.05, 0) is 24.6 Å². The number of aliphatic imine (C=N–C) groups is 1. The van der Waals surface area contributed by atoms with Gasteiger partial charge in [-0.3, -0.25) is 0 Å². The summed E-state index contributed by atoms with van der Waals surface area (Å²) in [5.74, 6) is 1.64. The quantitative estimate of drug-likeness (QED) is 0.389. The molecule has 0 radical (unpaired) electrons. The number of nitrogens with zero attached hydrogens (tertiary/aromatic N) is 1. The first kappa shape index (κ1) is 18.3. The van der Waals surface area contributed by atoms with E-state index in [0.29, 0.717) is 32.9 Å². The van der Waals surface area contributed by atoms with Crippen LogP contribution in [0, 0.1) is 0 Å². The molecule has 1 aromatic rings. The Balaban J connectivity index is 2.36. The molecule has 0 saturated carbocycles. The molecule has 0 atom stereocenters. The molecule has 124 valence electrons. The van der Waals surface area contributed by atoms with Crippen LogP contribution in [0.4, 0.5) is 0 Å². The van der Waals surface area contributed by atoms with Crippen molar-refractivity contribution in [1.82, 2.24) is 10.6 Å². The van der Waals surface area contributed by atoms with Crippen LogP contribution in [0.5, 0.6) is 5.75 Å². The van der Waals surface area contributed by atoms with Crippen LogP contribution in [-0.2, 0) is 16.0 Å². The third kappa shape index (κ3) is 7.85. The molecule has 0 aromatic heterocycles. The Kier molecular flexibility index (Phi) is 9.81. The van der Waals surface area contributed by atoms with E-state index in [1.165, 1.54) is 0 Å². The zero-order valence-corrected chi connectivity index (χ0v) is 13.7. The van der Waals surface area contributed by atoms with Crippen LogP contribution in [0.2, 0.25) is 0 Å².